The third kappa shape index (κ3) is 3.31. The number of hydrogen-bond donors (Lipinski definition) is 1. The first-order chi connectivity index (χ1) is 8.74. The summed E-state index contributed by atoms with van der Waals surface area (Å²) in [6, 6.07) is 10.3. The second-order valence-corrected chi connectivity index (χ2v) is 5.33. The van der Waals surface area contributed by atoms with Crippen LogP contribution in [0.25, 0.3) is 0 Å². The van der Waals surface area contributed by atoms with E-state index in [1.165, 1.54) is 5.56 Å². The predicted molar refractivity (Wildman–Crippen MR) is 72.8 cm³/mol. The Kier molecular flexibility index (Phi) is 4.75. The zero-order chi connectivity index (χ0) is 12.8. The minimum Gasteiger partial charge on any atom is -0.395 e. The summed E-state index contributed by atoms with van der Waals surface area (Å²) in [4.78, 5) is 2.40. The summed E-state index contributed by atoms with van der Waals surface area (Å²) in [5.41, 5.74) is 1.02. The third-order valence-electron chi connectivity index (χ3n) is 3.71. The molecule has 1 saturated heterocycles. The van der Waals surface area contributed by atoms with Crippen LogP contribution in [0.5, 0.6) is 0 Å². The van der Waals surface area contributed by atoms with E-state index in [1.807, 2.05) is 18.2 Å². The molecule has 0 aliphatic carbocycles. The molecule has 0 spiro atoms. The van der Waals surface area contributed by atoms with Crippen LogP contribution in [0.15, 0.2) is 30.3 Å². The van der Waals surface area contributed by atoms with E-state index in [2.05, 4.69) is 24.0 Å². The average molecular weight is 249 g/mol. The van der Waals surface area contributed by atoms with Crippen molar-refractivity contribution in [3.8, 4) is 0 Å². The van der Waals surface area contributed by atoms with Gasteiger partial charge in [0.15, 0.2) is 0 Å². The van der Waals surface area contributed by atoms with Crippen molar-refractivity contribution in [2.24, 2.45) is 0 Å². The lowest BCUT2D eigenvalue weighted by Crippen LogP contribution is -2.42. The van der Waals surface area contributed by atoms with Crippen LogP contribution >= 0.6 is 0 Å². The quantitative estimate of drug-likeness (QED) is 0.881. The van der Waals surface area contributed by atoms with Crippen molar-refractivity contribution in [2.75, 3.05) is 39.5 Å². The molecule has 1 aromatic rings. The van der Waals surface area contributed by atoms with Crippen LogP contribution in [0.3, 0.4) is 0 Å². The second-order valence-electron chi connectivity index (χ2n) is 5.33. The molecule has 1 N–H and O–H groups in total. The third-order valence-corrected chi connectivity index (χ3v) is 3.71. The van der Waals surface area contributed by atoms with Crippen molar-refractivity contribution in [1.29, 1.82) is 0 Å². The molecule has 0 radical (unpaired) electrons. The van der Waals surface area contributed by atoms with Crippen molar-refractivity contribution in [3.05, 3.63) is 35.9 Å². The van der Waals surface area contributed by atoms with Gasteiger partial charge in [0.1, 0.15) is 0 Å². The van der Waals surface area contributed by atoms with Crippen LogP contribution in [0, 0.1) is 0 Å². The summed E-state index contributed by atoms with van der Waals surface area (Å²) in [5, 5.41) is 9.78. The van der Waals surface area contributed by atoms with Crippen molar-refractivity contribution in [2.45, 2.75) is 18.8 Å². The molecule has 1 unspecified atom stereocenters. The maximum Gasteiger partial charge on any atom is 0.0593 e. The number of nitrogens with zero attached hydrogens (tertiary/aromatic N) is 1. The lowest BCUT2D eigenvalue weighted by atomic mass is 9.82. The first-order valence-electron chi connectivity index (χ1n) is 6.71. The van der Waals surface area contributed by atoms with Crippen molar-refractivity contribution in [1.82, 2.24) is 4.90 Å². The predicted octanol–water partition coefficient (Wildman–Crippen LogP) is 1.66. The van der Waals surface area contributed by atoms with E-state index < -0.39 is 0 Å². The number of ether oxygens (including phenoxy) is 1. The Labute approximate surface area is 109 Å². The molecular weight excluding hydrogens is 226 g/mol. The van der Waals surface area contributed by atoms with Gasteiger partial charge >= 0.3 is 0 Å². The minimum atomic E-state index is -0.189. The fraction of sp³-hybridized carbons (Fsp3) is 0.600. The van der Waals surface area contributed by atoms with Gasteiger partial charge in [-0.1, -0.05) is 37.3 Å². The van der Waals surface area contributed by atoms with Crippen molar-refractivity contribution < 1.29 is 9.84 Å². The Bertz CT molecular complexity index is 347. The van der Waals surface area contributed by atoms with E-state index in [9.17, 15) is 5.11 Å². The van der Waals surface area contributed by atoms with Gasteiger partial charge in [-0.15, -0.1) is 0 Å². The molecular formula is C15H23NO2. The average Bonchev–Trinajstić information content (AvgIpc) is 2.68. The largest absolute Gasteiger partial charge is 0.395 e. The van der Waals surface area contributed by atoms with Gasteiger partial charge in [-0.3, -0.25) is 4.90 Å². The Morgan fingerprint density at radius 1 is 1.22 bits per heavy atom. The number of hydrogen-bond acceptors (Lipinski definition) is 3. The highest BCUT2D eigenvalue weighted by molar-refractivity contribution is 5.25. The molecule has 0 aromatic heterocycles. The van der Waals surface area contributed by atoms with E-state index in [-0.39, 0.29) is 12.0 Å². The van der Waals surface area contributed by atoms with E-state index in [1.54, 1.807) is 0 Å². The molecule has 1 fully saturated rings. The van der Waals surface area contributed by atoms with Gasteiger partial charge in [-0.05, 0) is 12.0 Å². The number of benzene rings is 1. The van der Waals surface area contributed by atoms with E-state index in [4.69, 9.17) is 4.74 Å². The Hall–Kier alpha value is -0.900. The van der Waals surface area contributed by atoms with Crippen LogP contribution in [0.4, 0.5) is 0 Å². The maximum absolute atomic E-state index is 9.78. The normalized spacial score (nSPS) is 21.2. The molecule has 1 aromatic carbocycles. The van der Waals surface area contributed by atoms with Gasteiger partial charge in [0.2, 0.25) is 0 Å². The van der Waals surface area contributed by atoms with Gasteiger partial charge in [0.25, 0.3) is 0 Å². The zero-order valence-electron chi connectivity index (χ0n) is 11.1. The summed E-state index contributed by atoms with van der Waals surface area (Å²) < 4.78 is 5.47. The standard InChI is InChI=1S/C15H23NO2/c1-15(13-17,14-6-3-2-4-7-14)12-16-8-5-10-18-11-9-16/h2-4,6-7,17H,5,8-13H2,1H3. The van der Waals surface area contributed by atoms with Gasteiger partial charge in [0, 0.05) is 31.7 Å². The number of aliphatic hydroxyl groups is 1. The summed E-state index contributed by atoms with van der Waals surface area (Å²) in [7, 11) is 0. The Morgan fingerprint density at radius 2 is 2.00 bits per heavy atom. The van der Waals surface area contributed by atoms with Crippen molar-refractivity contribution in [3.63, 3.8) is 0 Å². The van der Waals surface area contributed by atoms with Crippen LogP contribution in [0.1, 0.15) is 18.9 Å². The molecule has 0 bridgehead atoms. The highest BCUT2D eigenvalue weighted by atomic mass is 16.5. The fourth-order valence-electron chi connectivity index (χ4n) is 2.52. The summed E-state index contributed by atoms with van der Waals surface area (Å²) in [6.45, 7) is 6.87. The molecule has 3 nitrogen and oxygen atoms in total. The highest BCUT2D eigenvalue weighted by Crippen LogP contribution is 2.24. The summed E-state index contributed by atoms with van der Waals surface area (Å²) >= 11 is 0. The minimum absolute atomic E-state index is 0.175. The topological polar surface area (TPSA) is 32.7 Å². The van der Waals surface area contributed by atoms with E-state index in [0.717, 1.165) is 39.3 Å². The van der Waals surface area contributed by atoms with Crippen LogP contribution < -0.4 is 0 Å². The van der Waals surface area contributed by atoms with Gasteiger partial charge in [-0.25, -0.2) is 0 Å². The fourth-order valence-corrected chi connectivity index (χ4v) is 2.52. The lowest BCUT2D eigenvalue weighted by molar-refractivity contribution is 0.122. The molecule has 1 heterocycles. The highest BCUT2D eigenvalue weighted by Gasteiger charge is 2.28. The maximum atomic E-state index is 9.78. The number of aliphatic hydroxyl groups excluding tert-OH is 1. The molecule has 100 valence electrons. The molecule has 1 aliphatic heterocycles. The molecule has 3 heteroatoms. The summed E-state index contributed by atoms with van der Waals surface area (Å²) in [5.74, 6) is 0. The van der Waals surface area contributed by atoms with Crippen molar-refractivity contribution >= 4 is 0 Å². The second kappa shape index (κ2) is 6.32. The molecule has 18 heavy (non-hydrogen) atoms. The Morgan fingerprint density at radius 3 is 2.72 bits per heavy atom. The monoisotopic (exact) mass is 249 g/mol. The molecule has 0 saturated carbocycles. The van der Waals surface area contributed by atoms with Crippen LogP contribution in [-0.4, -0.2) is 49.5 Å². The van der Waals surface area contributed by atoms with Gasteiger partial charge < -0.3 is 9.84 Å². The molecule has 2 rings (SSSR count). The SMILES string of the molecule is CC(CO)(CN1CCCOCC1)c1ccccc1. The van der Waals surface area contributed by atoms with E-state index in [0.29, 0.717) is 0 Å². The first kappa shape index (κ1) is 13.5. The van der Waals surface area contributed by atoms with Gasteiger partial charge in [-0.2, -0.15) is 0 Å². The first-order valence-corrected chi connectivity index (χ1v) is 6.71. The zero-order valence-corrected chi connectivity index (χ0v) is 11.1. The lowest BCUT2D eigenvalue weighted by Gasteiger charge is -2.34. The number of rotatable bonds is 4. The molecule has 1 atom stereocenters. The molecule has 1 aliphatic rings. The van der Waals surface area contributed by atoms with Crippen LogP contribution in [0.2, 0.25) is 0 Å². The molecule has 0 amide bonds. The van der Waals surface area contributed by atoms with Crippen LogP contribution in [-0.2, 0) is 10.2 Å². The summed E-state index contributed by atoms with van der Waals surface area (Å²) in [6.07, 6.45) is 1.08. The smallest absolute Gasteiger partial charge is 0.0593 e. The van der Waals surface area contributed by atoms with Gasteiger partial charge in [0.05, 0.1) is 13.2 Å². The Balaban J connectivity index is 2.07. The van der Waals surface area contributed by atoms with E-state index >= 15 is 0 Å².